The molecule has 54 heavy (non-hydrogen) atoms. The smallest absolute Gasteiger partial charge is 0.307 e. The third kappa shape index (κ3) is 6.54. The second-order valence-corrected chi connectivity index (χ2v) is 9.84. The Bertz CT molecular complexity index is 2230. The van der Waals surface area contributed by atoms with Crippen LogP contribution in [0.4, 0.5) is 80.1 Å². The second-order valence-electron chi connectivity index (χ2n) is 9.84. The number of rotatable bonds is 13. The van der Waals surface area contributed by atoms with Crippen molar-refractivity contribution < 1.29 is 44.3 Å². The molecular weight excluding hydrogens is 748 g/mol. The van der Waals surface area contributed by atoms with Crippen molar-refractivity contribution in [3.05, 3.63) is 127 Å². The summed E-state index contributed by atoms with van der Waals surface area (Å²) in [6, 6.07) is 0.696. The predicted octanol–water partition coefficient (Wildman–Crippen LogP) is 3.95. The fourth-order valence-electron chi connectivity index (χ4n) is 4.80. The zero-order valence-electron chi connectivity index (χ0n) is 25.3. The van der Waals surface area contributed by atoms with E-state index in [4.69, 9.17) is 11.5 Å². The first-order valence-corrected chi connectivity index (χ1v) is 13.2. The number of benzene rings is 3. The van der Waals surface area contributed by atoms with Crippen molar-refractivity contribution in [3.63, 3.8) is 0 Å². The lowest BCUT2D eigenvalue weighted by Crippen LogP contribution is -2.21. The third-order valence-electron chi connectivity index (χ3n) is 6.85. The van der Waals surface area contributed by atoms with Gasteiger partial charge in [-0.2, -0.15) is 9.97 Å². The molecule has 4 rings (SSSR count). The van der Waals surface area contributed by atoms with E-state index in [1.165, 1.54) is 0 Å². The minimum absolute atomic E-state index is 0.0586. The third-order valence-corrected chi connectivity index (χ3v) is 6.85. The highest BCUT2D eigenvalue weighted by Gasteiger charge is 2.45. The number of nitrogens with two attached hydrogens (primary N) is 2. The second kappa shape index (κ2) is 13.6. The molecule has 0 aliphatic rings. The average Bonchev–Trinajstić information content (AvgIpc) is 3.06. The molecule has 0 aliphatic heterocycles. The maximum atomic E-state index is 12.3. The van der Waals surface area contributed by atoms with Crippen molar-refractivity contribution >= 4 is 80.1 Å². The summed E-state index contributed by atoms with van der Waals surface area (Å²) in [5.74, 6) is -4.01. The molecule has 0 amide bonds. The molecule has 1 aromatic heterocycles. The van der Waals surface area contributed by atoms with E-state index in [0.717, 1.165) is 0 Å². The summed E-state index contributed by atoms with van der Waals surface area (Å²) in [6.45, 7) is 0. The van der Waals surface area contributed by atoms with Crippen LogP contribution in [0.5, 0.6) is 0 Å². The minimum Gasteiger partial charge on any atom is -0.383 e. The van der Waals surface area contributed by atoms with Gasteiger partial charge in [-0.15, -0.1) is 0 Å². The molecule has 4 N–H and O–H groups in total. The van der Waals surface area contributed by atoms with E-state index in [0.29, 0.717) is 0 Å². The van der Waals surface area contributed by atoms with Crippen LogP contribution in [0, 0.1) is 91.0 Å². The number of nitrogen functional groups attached to an aromatic ring is 2. The van der Waals surface area contributed by atoms with Crippen molar-refractivity contribution in [2.75, 3.05) is 16.4 Å². The summed E-state index contributed by atoms with van der Waals surface area (Å²) < 4.78 is 0. The van der Waals surface area contributed by atoms with Gasteiger partial charge in [-0.1, -0.05) is 0 Å². The van der Waals surface area contributed by atoms with Crippen LogP contribution in [0.25, 0.3) is 11.1 Å². The molecule has 0 spiro atoms. The Morgan fingerprint density at radius 2 is 0.630 bits per heavy atom. The Hall–Kier alpha value is -9.26. The summed E-state index contributed by atoms with van der Waals surface area (Å²) in [5, 5.41) is 107. The molecule has 0 saturated heterocycles. The molecule has 32 nitrogen and oxygen atoms in total. The van der Waals surface area contributed by atoms with E-state index in [1.54, 1.807) is 0 Å². The molecule has 0 aliphatic carbocycles. The standard InChI is InChI=1S/C22H10N14O18/c23-20-17(16-10(31(43)44)1-7(28(37)38)2-11(16)32(45)46)21(24)26-22(25-20)27(18-12(33(47)48)3-8(29(39)40)4-13(18)34(49)50)19-14(35(51)52)5-9(30(41)42)6-15(19)36(53)54/h1-6H,(H4,23,24,25,26). The first-order valence-electron chi connectivity index (χ1n) is 13.2. The maximum Gasteiger partial charge on any atom is 0.307 e. The van der Waals surface area contributed by atoms with E-state index < -0.39 is 136 Å². The highest BCUT2D eigenvalue weighted by Crippen LogP contribution is 2.54. The molecule has 3 aromatic carbocycles. The molecule has 4 aromatic rings. The van der Waals surface area contributed by atoms with Gasteiger partial charge in [0, 0.05) is 0 Å². The normalized spacial score (nSPS) is 10.6. The topological polar surface area (TPSA) is 469 Å². The van der Waals surface area contributed by atoms with E-state index in [-0.39, 0.29) is 41.3 Å². The monoisotopic (exact) mass is 758 g/mol. The highest BCUT2D eigenvalue weighted by atomic mass is 16.7. The van der Waals surface area contributed by atoms with Crippen LogP contribution in [0.1, 0.15) is 0 Å². The Morgan fingerprint density at radius 1 is 0.389 bits per heavy atom. The van der Waals surface area contributed by atoms with E-state index in [2.05, 4.69) is 9.97 Å². The fraction of sp³-hybridized carbons (Fsp3) is 0. The molecule has 0 saturated carbocycles. The molecule has 1 heterocycles. The van der Waals surface area contributed by atoms with Crippen LogP contribution in [-0.4, -0.2) is 54.3 Å². The Labute approximate surface area is 289 Å². The van der Waals surface area contributed by atoms with Gasteiger partial charge in [-0.05, 0) is 0 Å². The van der Waals surface area contributed by atoms with Gasteiger partial charge in [0.1, 0.15) is 17.2 Å². The van der Waals surface area contributed by atoms with Crippen LogP contribution >= 0.6 is 0 Å². The average molecular weight is 758 g/mol. The van der Waals surface area contributed by atoms with E-state index in [1.807, 2.05) is 0 Å². The van der Waals surface area contributed by atoms with Crippen LogP contribution < -0.4 is 16.4 Å². The highest BCUT2D eigenvalue weighted by molar-refractivity contribution is 5.98. The zero-order valence-corrected chi connectivity index (χ0v) is 25.3. The van der Waals surface area contributed by atoms with Crippen molar-refractivity contribution in [2.45, 2.75) is 0 Å². The van der Waals surface area contributed by atoms with Crippen molar-refractivity contribution in [3.8, 4) is 11.1 Å². The molecule has 0 bridgehead atoms. The SMILES string of the molecule is Nc1nc(N(c2c([N+](=O)[O-])cc([N+](=O)[O-])cc2[N+](=O)[O-])c2c([N+](=O)[O-])cc([N+](=O)[O-])cc2[N+](=O)[O-])nc(N)c1-c1c([N+](=O)[O-])cc([N+](=O)[O-])cc1[N+](=O)[O-]. The number of hydrogen-bond acceptors (Lipinski definition) is 23. The van der Waals surface area contributed by atoms with E-state index in [9.17, 15) is 91.0 Å². The van der Waals surface area contributed by atoms with Crippen molar-refractivity contribution in [1.82, 2.24) is 9.97 Å². The Kier molecular flexibility index (Phi) is 9.44. The van der Waals surface area contributed by atoms with Crippen LogP contribution in [-0.2, 0) is 0 Å². The van der Waals surface area contributed by atoms with Crippen LogP contribution in [0.3, 0.4) is 0 Å². The van der Waals surface area contributed by atoms with Crippen molar-refractivity contribution in [2.24, 2.45) is 0 Å². The number of nitrogens with zero attached hydrogens (tertiary/aromatic N) is 12. The maximum absolute atomic E-state index is 12.3. The van der Waals surface area contributed by atoms with Gasteiger partial charge in [0.05, 0.1) is 86.3 Å². The molecule has 276 valence electrons. The Morgan fingerprint density at radius 3 is 0.852 bits per heavy atom. The number of nitro benzene ring substituents is 9. The number of non-ortho nitro benzene ring substituents is 3. The summed E-state index contributed by atoms with van der Waals surface area (Å²) in [5.41, 5.74) is -7.16. The molecule has 0 radical (unpaired) electrons. The van der Waals surface area contributed by atoms with Gasteiger partial charge < -0.3 is 11.5 Å². The lowest BCUT2D eigenvalue weighted by Gasteiger charge is -2.23. The molecule has 32 heteroatoms. The number of anilines is 5. The quantitative estimate of drug-likeness (QED) is 0.144. The molecule has 0 fully saturated rings. The summed E-state index contributed by atoms with van der Waals surface area (Å²) >= 11 is 0. The first kappa shape index (κ1) is 37.6. The minimum atomic E-state index is -1.70. The van der Waals surface area contributed by atoms with Gasteiger partial charge in [0.25, 0.3) is 28.4 Å². The van der Waals surface area contributed by atoms with Gasteiger partial charge >= 0.3 is 22.7 Å². The van der Waals surface area contributed by atoms with Gasteiger partial charge in [-0.3, -0.25) is 95.9 Å². The van der Waals surface area contributed by atoms with Gasteiger partial charge in [0.2, 0.25) is 17.3 Å². The molecular formula is C22H10N14O18. The summed E-state index contributed by atoms with van der Waals surface area (Å²) in [7, 11) is 0. The largest absolute Gasteiger partial charge is 0.383 e. The van der Waals surface area contributed by atoms with E-state index >= 15 is 0 Å². The lowest BCUT2D eigenvalue weighted by molar-refractivity contribution is -0.403. The number of nitro groups is 9. The molecule has 0 unspecified atom stereocenters. The number of aromatic nitrogens is 2. The van der Waals surface area contributed by atoms with Crippen LogP contribution in [0.2, 0.25) is 0 Å². The fourth-order valence-corrected chi connectivity index (χ4v) is 4.80. The summed E-state index contributed by atoms with van der Waals surface area (Å²) in [4.78, 5) is 102. The zero-order chi connectivity index (χ0) is 40.7. The summed E-state index contributed by atoms with van der Waals surface area (Å²) in [6.07, 6.45) is 0. The number of hydrogen-bond donors (Lipinski definition) is 2. The van der Waals surface area contributed by atoms with Gasteiger partial charge in [0.15, 0.2) is 0 Å². The first-order chi connectivity index (χ1) is 25.1. The van der Waals surface area contributed by atoms with Crippen molar-refractivity contribution in [1.29, 1.82) is 0 Å². The van der Waals surface area contributed by atoms with Crippen LogP contribution in [0.15, 0.2) is 36.4 Å². The lowest BCUT2D eigenvalue weighted by atomic mass is 10.0. The molecule has 0 atom stereocenters. The Balaban J connectivity index is 2.33. The predicted molar refractivity (Wildman–Crippen MR) is 171 cm³/mol. The van der Waals surface area contributed by atoms with Gasteiger partial charge in [-0.25, -0.2) is 0 Å².